The molecule has 0 radical (unpaired) electrons. The first-order chi connectivity index (χ1) is 10.8. The van der Waals surface area contributed by atoms with Crippen LogP contribution in [0.15, 0.2) is 30.0 Å². The molecule has 0 aliphatic heterocycles. The Balaban J connectivity index is 2.37. The third-order valence-electron chi connectivity index (χ3n) is 3.60. The number of hydrogen-bond donors (Lipinski definition) is 1. The summed E-state index contributed by atoms with van der Waals surface area (Å²) in [6, 6.07) is 7.99. The van der Waals surface area contributed by atoms with Gasteiger partial charge in [-0.2, -0.15) is 13.0 Å². The molecule has 0 fully saturated rings. The van der Waals surface area contributed by atoms with Crippen molar-refractivity contribution in [1.82, 2.24) is 0 Å². The topological polar surface area (TPSA) is 67.5 Å². The van der Waals surface area contributed by atoms with Gasteiger partial charge in [0.15, 0.2) is 6.54 Å². The molecular formula is C16H22NO4S2+. The highest BCUT2D eigenvalue weighted by atomic mass is 32.2. The van der Waals surface area contributed by atoms with Gasteiger partial charge in [-0.1, -0.05) is 23.5 Å². The summed E-state index contributed by atoms with van der Waals surface area (Å²) in [4.78, 5) is 0. The molecule has 2 aromatic rings. The normalized spacial score (nSPS) is 14.2. The average Bonchev–Trinajstić information content (AvgIpc) is 2.81. The van der Waals surface area contributed by atoms with Crippen molar-refractivity contribution in [3.05, 3.63) is 35.0 Å². The molecule has 0 saturated heterocycles. The highest BCUT2D eigenvalue weighted by Crippen LogP contribution is 2.22. The third-order valence-corrected chi connectivity index (χ3v) is 5.97. The van der Waals surface area contributed by atoms with Crippen molar-refractivity contribution in [2.75, 3.05) is 6.61 Å². The van der Waals surface area contributed by atoms with Crippen LogP contribution in [0, 0.1) is 0 Å². The van der Waals surface area contributed by atoms with Gasteiger partial charge in [-0.3, -0.25) is 4.55 Å². The largest absolute Gasteiger partial charge is 0.498 e. The molecule has 0 aliphatic carbocycles. The Hall–Kier alpha value is -1.44. The predicted octanol–water partition coefficient (Wildman–Crippen LogP) is 3.25. The maximum atomic E-state index is 11.2. The molecule has 0 bridgehead atoms. The number of fused-ring (bicyclic) bond motifs is 1. The lowest BCUT2D eigenvalue weighted by Gasteiger charge is -2.05. The van der Waals surface area contributed by atoms with Crippen LogP contribution in [-0.4, -0.2) is 24.8 Å². The quantitative estimate of drug-likeness (QED) is 0.470. The number of para-hydroxylation sites is 1. The Morgan fingerprint density at radius 1 is 1.43 bits per heavy atom. The smallest absolute Gasteiger partial charge is 0.267 e. The minimum absolute atomic E-state index is 0.346. The number of ether oxygens (including phenoxy) is 1. The summed E-state index contributed by atoms with van der Waals surface area (Å²) in [6.07, 6.45) is 2.31. The molecule has 1 atom stereocenters. The van der Waals surface area contributed by atoms with Gasteiger partial charge in [0.1, 0.15) is 10.5 Å². The van der Waals surface area contributed by atoms with Crippen LogP contribution in [0.3, 0.4) is 0 Å². The molecule has 1 unspecified atom stereocenters. The summed E-state index contributed by atoms with van der Waals surface area (Å²) in [6.45, 7) is 6.47. The van der Waals surface area contributed by atoms with E-state index < -0.39 is 15.4 Å². The molecule has 126 valence electrons. The second-order valence-electron chi connectivity index (χ2n) is 5.36. The molecule has 1 aromatic carbocycles. The van der Waals surface area contributed by atoms with Crippen molar-refractivity contribution >= 4 is 37.7 Å². The minimum Gasteiger partial charge on any atom is -0.498 e. The second kappa shape index (κ2) is 7.42. The average molecular weight is 356 g/mol. The number of aryl methyl sites for hydroxylation is 1. The van der Waals surface area contributed by atoms with Crippen LogP contribution in [0.5, 0.6) is 0 Å². The van der Waals surface area contributed by atoms with Crippen molar-refractivity contribution in [2.24, 2.45) is 0 Å². The number of rotatable bonds is 7. The molecular weight excluding hydrogens is 334 g/mol. The number of nitrogens with zero attached hydrogens (tertiary/aromatic N) is 1. The minimum atomic E-state index is -4.00. The summed E-state index contributed by atoms with van der Waals surface area (Å²) in [5, 5.41) is 0.207. The molecule has 1 N–H and O–H groups in total. The van der Waals surface area contributed by atoms with E-state index in [2.05, 4.69) is 4.57 Å². The fraction of sp³-hybridized carbons (Fsp3) is 0.438. The van der Waals surface area contributed by atoms with E-state index in [0.717, 1.165) is 21.0 Å². The van der Waals surface area contributed by atoms with E-state index >= 15 is 0 Å². The summed E-state index contributed by atoms with van der Waals surface area (Å²) >= 11 is 1.63. The number of aromatic nitrogens is 1. The Morgan fingerprint density at radius 3 is 2.78 bits per heavy atom. The molecule has 2 rings (SSSR count). The fourth-order valence-electron chi connectivity index (χ4n) is 2.29. The Labute approximate surface area is 141 Å². The lowest BCUT2D eigenvalue weighted by atomic mass is 10.3. The SMILES string of the molecule is CCOC(C)=Cc1sc2ccccc2[n+]1CCC(C)S(=O)(=O)O. The van der Waals surface area contributed by atoms with E-state index in [1.807, 2.05) is 44.2 Å². The van der Waals surface area contributed by atoms with Crippen molar-refractivity contribution < 1.29 is 22.3 Å². The van der Waals surface area contributed by atoms with Crippen LogP contribution in [0.25, 0.3) is 16.3 Å². The van der Waals surface area contributed by atoms with Crippen LogP contribution in [-0.2, 0) is 21.4 Å². The van der Waals surface area contributed by atoms with Gasteiger partial charge in [0.05, 0.1) is 17.9 Å². The van der Waals surface area contributed by atoms with Gasteiger partial charge in [0, 0.05) is 12.5 Å². The highest BCUT2D eigenvalue weighted by molar-refractivity contribution is 7.86. The fourth-order valence-corrected chi connectivity index (χ4v) is 3.88. The van der Waals surface area contributed by atoms with Gasteiger partial charge in [0.2, 0.25) is 5.52 Å². The van der Waals surface area contributed by atoms with Crippen LogP contribution in [0.1, 0.15) is 32.2 Å². The van der Waals surface area contributed by atoms with Gasteiger partial charge < -0.3 is 4.74 Å². The lowest BCUT2D eigenvalue weighted by molar-refractivity contribution is -0.669. The summed E-state index contributed by atoms with van der Waals surface area (Å²) in [7, 11) is -4.00. The lowest BCUT2D eigenvalue weighted by Crippen LogP contribution is -2.37. The zero-order chi connectivity index (χ0) is 17.0. The number of hydrogen-bond acceptors (Lipinski definition) is 4. The molecule has 1 aromatic heterocycles. The Morgan fingerprint density at radius 2 is 2.13 bits per heavy atom. The zero-order valence-corrected chi connectivity index (χ0v) is 15.2. The van der Waals surface area contributed by atoms with E-state index in [9.17, 15) is 8.42 Å². The van der Waals surface area contributed by atoms with Crippen molar-refractivity contribution in [2.45, 2.75) is 39.0 Å². The molecule has 0 aliphatic rings. The van der Waals surface area contributed by atoms with Gasteiger partial charge in [-0.05, 0) is 26.8 Å². The van der Waals surface area contributed by atoms with Crippen LogP contribution in [0.2, 0.25) is 0 Å². The molecule has 7 heteroatoms. The van der Waals surface area contributed by atoms with Crippen LogP contribution >= 0.6 is 11.3 Å². The number of benzene rings is 1. The monoisotopic (exact) mass is 356 g/mol. The first kappa shape index (κ1) is 17.9. The van der Waals surface area contributed by atoms with E-state index in [1.54, 1.807) is 11.3 Å². The van der Waals surface area contributed by atoms with Gasteiger partial charge in [-0.25, -0.2) is 0 Å². The molecule has 0 saturated carbocycles. The second-order valence-corrected chi connectivity index (χ2v) is 8.26. The molecule has 1 heterocycles. The molecule has 0 spiro atoms. The zero-order valence-electron chi connectivity index (χ0n) is 13.5. The third kappa shape index (κ3) is 4.53. The van der Waals surface area contributed by atoms with E-state index in [-0.39, 0.29) is 0 Å². The standard InChI is InChI=1S/C16H21NO4S2/c1-4-21-12(2)11-16-17(10-9-13(3)23(18,19)20)14-7-5-6-8-15(14)22-16/h5-8,11,13H,4,9-10H2,1-3H3/p+1. The summed E-state index contributed by atoms with van der Waals surface area (Å²) in [5.74, 6) is 0.815. The van der Waals surface area contributed by atoms with E-state index in [1.165, 1.54) is 6.92 Å². The maximum absolute atomic E-state index is 11.2. The van der Waals surface area contributed by atoms with Gasteiger partial charge in [-0.15, -0.1) is 0 Å². The van der Waals surface area contributed by atoms with Crippen LogP contribution in [0.4, 0.5) is 0 Å². The summed E-state index contributed by atoms with van der Waals surface area (Å²) < 4.78 is 40.3. The van der Waals surface area contributed by atoms with Gasteiger partial charge >= 0.3 is 0 Å². The first-order valence-corrected chi connectivity index (χ1v) is 9.83. The Kier molecular flexibility index (Phi) is 5.78. The maximum Gasteiger partial charge on any atom is 0.267 e. The summed E-state index contributed by atoms with van der Waals surface area (Å²) in [5.41, 5.74) is 1.05. The van der Waals surface area contributed by atoms with Crippen molar-refractivity contribution in [1.29, 1.82) is 0 Å². The first-order valence-electron chi connectivity index (χ1n) is 7.51. The highest BCUT2D eigenvalue weighted by Gasteiger charge is 2.23. The van der Waals surface area contributed by atoms with E-state index in [4.69, 9.17) is 9.29 Å². The Bertz CT molecular complexity index is 809. The molecule has 0 amide bonds. The molecule has 23 heavy (non-hydrogen) atoms. The van der Waals surface area contributed by atoms with E-state index in [0.29, 0.717) is 19.6 Å². The van der Waals surface area contributed by atoms with Crippen molar-refractivity contribution in [3.63, 3.8) is 0 Å². The van der Waals surface area contributed by atoms with Crippen LogP contribution < -0.4 is 4.57 Å². The number of allylic oxidation sites excluding steroid dienone is 1. The predicted molar refractivity (Wildman–Crippen MR) is 92.9 cm³/mol. The van der Waals surface area contributed by atoms with Gasteiger partial charge in [0.25, 0.3) is 15.1 Å². The number of thiazole rings is 1. The van der Waals surface area contributed by atoms with Crippen molar-refractivity contribution in [3.8, 4) is 0 Å². The molecule has 5 nitrogen and oxygen atoms in total.